The standard InChI is InChI=1S/C17H16N4O3S2/c18-17-21-14(12-4-2-1-3-5-12)15(25-17)16(22)20-10-11-6-8-13(9-7-11)26(19,23)24/h1-9H,10H2,(H2,18,21)(H,20,22)(H2,19,23,24). The minimum Gasteiger partial charge on any atom is -0.375 e. The summed E-state index contributed by atoms with van der Waals surface area (Å²) in [5.41, 5.74) is 7.86. The minimum atomic E-state index is -3.74. The molecule has 0 aliphatic heterocycles. The summed E-state index contributed by atoms with van der Waals surface area (Å²) < 4.78 is 22.5. The fourth-order valence-electron chi connectivity index (χ4n) is 2.34. The quantitative estimate of drug-likeness (QED) is 0.615. The Bertz CT molecular complexity index is 1030. The first kappa shape index (κ1) is 18.1. The third kappa shape index (κ3) is 4.07. The van der Waals surface area contributed by atoms with E-state index in [1.807, 2.05) is 30.3 Å². The van der Waals surface area contributed by atoms with Crippen LogP contribution < -0.4 is 16.2 Å². The second kappa shape index (κ2) is 7.24. The number of thiazole rings is 1. The van der Waals surface area contributed by atoms with Crippen molar-refractivity contribution < 1.29 is 13.2 Å². The summed E-state index contributed by atoms with van der Waals surface area (Å²) in [6.07, 6.45) is 0. The van der Waals surface area contributed by atoms with E-state index in [9.17, 15) is 13.2 Å². The van der Waals surface area contributed by atoms with E-state index in [1.54, 1.807) is 12.1 Å². The van der Waals surface area contributed by atoms with E-state index in [0.29, 0.717) is 15.7 Å². The second-order valence-corrected chi connectivity index (χ2v) is 8.06. The van der Waals surface area contributed by atoms with Crippen LogP contribution in [0.5, 0.6) is 0 Å². The van der Waals surface area contributed by atoms with Crippen molar-refractivity contribution in [1.82, 2.24) is 10.3 Å². The van der Waals surface area contributed by atoms with Gasteiger partial charge in [-0.25, -0.2) is 18.5 Å². The van der Waals surface area contributed by atoms with Crippen LogP contribution in [-0.2, 0) is 16.6 Å². The molecule has 0 saturated carbocycles. The van der Waals surface area contributed by atoms with Crippen LogP contribution in [0, 0.1) is 0 Å². The van der Waals surface area contributed by atoms with Crippen molar-refractivity contribution in [3.63, 3.8) is 0 Å². The molecule has 9 heteroatoms. The Labute approximate surface area is 154 Å². The number of aromatic nitrogens is 1. The van der Waals surface area contributed by atoms with E-state index in [1.165, 1.54) is 12.1 Å². The zero-order chi connectivity index (χ0) is 18.7. The number of carbonyl (C=O) groups excluding carboxylic acids is 1. The fourth-order valence-corrected chi connectivity index (χ4v) is 3.63. The number of nitrogens with zero attached hydrogens (tertiary/aromatic N) is 1. The summed E-state index contributed by atoms with van der Waals surface area (Å²) in [5.74, 6) is -0.298. The molecule has 0 spiro atoms. The lowest BCUT2D eigenvalue weighted by atomic mass is 10.1. The molecule has 0 radical (unpaired) electrons. The fraction of sp³-hybridized carbons (Fsp3) is 0.0588. The van der Waals surface area contributed by atoms with Gasteiger partial charge in [0.1, 0.15) is 4.88 Å². The van der Waals surface area contributed by atoms with Crippen LogP contribution in [0.25, 0.3) is 11.3 Å². The molecule has 134 valence electrons. The third-order valence-electron chi connectivity index (χ3n) is 3.60. The Morgan fingerprint density at radius 2 is 1.73 bits per heavy atom. The van der Waals surface area contributed by atoms with E-state index in [2.05, 4.69) is 10.3 Å². The molecular formula is C17H16N4O3S2. The van der Waals surface area contributed by atoms with Crippen molar-refractivity contribution in [2.45, 2.75) is 11.4 Å². The first-order valence-corrected chi connectivity index (χ1v) is 9.92. The Balaban J connectivity index is 1.75. The number of anilines is 1. The summed E-state index contributed by atoms with van der Waals surface area (Å²) in [6.45, 7) is 0.232. The van der Waals surface area contributed by atoms with E-state index < -0.39 is 10.0 Å². The zero-order valence-electron chi connectivity index (χ0n) is 13.5. The molecule has 0 aliphatic rings. The van der Waals surface area contributed by atoms with Gasteiger partial charge in [0.05, 0.1) is 10.6 Å². The highest BCUT2D eigenvalue weighted by atomic mass is 32.2. The van der Waals surface area contributed by atoms with Crippen LogP contribution in [0.15, 0.2) is 59.5 Å². The van der Waals surface area contributed by atoms with Gasteiger partial charge in [-0.15, -0.1) is 0 Å². The lowest BCUT2D eigenvalue weighted by Crippen LogP contribution is -2.22. The number of nitrogens with one attached hydrogen (secondary N) is 1. The molecule has 1 heterocycles. The van der Waals surface area contributed by atoms with Gasteiger partial charge in [0.2, 0.25) is 10.0 Å². The van der Waals surface area contributed by atoms with Gasteiger partial charge in [-0.3, -0.25) is 4.79 Å². The topological polar surface area (TPSA) is 128 Å². The lowest BCUT2D eigenvalue weighted by Gasteiger charge is -2.06. The maximum atomic E-state index is 12.5. The second-order valence-electron chi connectivity index (χ2n) is 5.47. The Morgan fingerprint density at radius 3 is 2.35 bits per heavy atom. The molecule has 1 amide bonds. The van der Waals surface area contributed by atoms with E-state index in [0.717, 1.165) is 22.5 Å². The number of primary sulfonamides is 1. The predicted octanol–water partition coefficient (Wildman–Crippen LogP) is 1.97. The monoisotopic (exact) mass is 388 g/mol. The summed E-state index contributed by atoms with van der Waals surface area (Å²) in [4.78, 5) is 17.2. The summed E-state index contributed by atoms with van der Waals surface area (Å²) >= 11 is 1.12. The van der Waals surface area contributed by atoms with Crippen molar-refractivity contribution in [3.8, 4) is 11.3 Å². The minimum absolute atomic E-state index is 0.0224. The van der Waals surface area contributed by atoms with Crippen LogP contribution in [0.2, 0.25) is 0 Å². The van der Waals surface area contributed by atoms with Crippen LogP contribution >= 0.6 is 11.3 Å². The summed E-state index contributed by atoms with van der Waals surface area (Å²) in [5, 5.41) is 8.17. The van der Waals surface area contributed by atoms with E-state index in [4.69, 9.17) is 10.9 Å². The molecule has 2 aromatic carbocycles. The molecular weight excluding hydrogens is 372 g/mol. The number of amides is 1. The summed E-state index contributed by atoms with van der Waals surface area (Å²) in [6, 6.07) is 15.3. The Morgan fingerprint density at radius 1 is 1.08 bits per heavy atom. The number of sulfonamides is 1. The van der Waals surface area contributed by atoms with Gasteiger partial charge in [0, 0.05) is 12.1 Å². The first-order valence-electron chi connectivity index (χ1n) is 7.56. The van der Waals surface area contributed by atoms with Crippen molar-refractivity contribution in [1.29, 1.82) is 0 Å². The maximum absolute atomic E-state index is 12.5. The highest BCUT2D eigenvalue weighted by molar-refractivity contribution is 7.89. The van der Waals surface area contributed by atoms with Crippen molar-refractivity contribution in [2.75, 3.05) is 5.73 Å². The molecule has 0 unspecified atom stereocenters. The molecule has 3 rings (SSSR count). The van der Waals surface area contributed by atoms with Gasteiger partial charge in [0.25, 0.3) is 5.91 Å². The Hall–Kier alpha value is -2.75. The molecule has 0 aliphatic carbocycles. The van der Waals surface area contributed by atoms with Crippen molar-refractivity contribution >= 4 is 32.4 Å². The van der Waals surface area contributed by atoms with Gasteiger partial charge in [-0.2, -0.15) is 0 Å². The molecule has 1 aromatic heterocycles. The summed E-state index contributed by atoms with van der Waals surface area (Å²) in [7, 11) is -3.74. The molecule has 0 fully saturated rings. The van der Waals surface area contributed by atoms with Gasteiger partial charge in [0.15, 0.2) is 5.13 Å². The maximum Gasteiger partial charge on any atom is 0.264 e. The van der Waals surface area contributed by atoms with Crippen LogP contribution in [-0.4, -0.2) is 19.3 Å². The van der Waals surface area contributed by atoms with Gasteiger partial charge >= 0.3 is 0 Å². The lowest BCUT2D eigenvalue weighted by molar-refractivity contribution is 0.0955. The zero-order valence-corrected chi connectivity index (χ0v) is 15.2. The SMILES string of the molecule is Nc1nc(-c2ccccc2)c(C(=O)NCc2ccc(S(N)(=O)=O)cc2)s1. The number of carbonyl (C=O) groups is 1. The first-order chi connectivity index (χ1) is 12.3. The van der Waals surface area contributed by atoms with Crippen LogP contribution in [0.1, 0.15) is 15.2 Å². The Kier molecular flexibility index (Phi) is 5.03. The van der Waals surface area contributed by atoms with E-state index in [-0.39, 0.29) is 17.3 Å². The predicted molar refractivity (Wildman–Crippen MR) is 101 cm³/mol. The number of hydrogen-bond donors (Lipinski definition) is 3. The molecule has 5 N–H and O–H groups in total. The number of hydrogen-bond acceptors (Lipinski definition) is 6. The third-order valence-corrected chi connectivity index (χ3v) is 5.41. The molecule has 0 saturated heterocycles. The van der Waals surface area contributed by atoms with Crippen molar-refractivity contribution in [2.24, 2.45) is 5.14 Å². The van der Waals surface area contributed by atoms with Crippen LogP contribution in [0.3, 0.4) is 0 Å². The van der Waals surface area contributed by atoms with E-state index >= 15 is 0 Å². The average Bonchev–Trinajstić information content (AvgIpc) is 3.02. The smallest absolute Gasteiger partial charge is 0.264 e. The molecule has 3 aromatic rings. The van der Waals surface area contributed by atoms with Crippen LogP contribution in [0.4, 0.5) is 5.13 Å². The van der Waals surface area contributed by atoms with Gasteiger partial charge in [-0.1, -0.05) is 53.8 Å². The highest BCUT2D eigenvalue weighted by Crippen LogP contribution is 2.29. The molecule has 26 heavy (non-hydrogen) atoms. The largest absolute Gasteiger partial charge is 0.375 e. The molecule has 0 bridgehead atoms. The van der Waals surface area contributed by atoms with Gasteiger partial charge < -0.3 is 11.1 Å². The molecule has 0 atom stereocenters. The number of nitrogens with two attached hydrogens (primary N) is 2. The average molecular weight is 388 g/mol. The highest BCUT2D eigenvalue weighted by Gasteiger charge is 2.18. The van der Waals surface area contributed by atoms with Crippen molar-refractivity contribution in [3.05, 3.63) is 65.0 Å². The number of benzene rings is 2. The number of nitrogen functional groups attached to an aromatic ring is 1. The molecule has 7 nitrogen and oxygen atoms in total. The number of rotatable bonds is 5. The normalized spacial score (nSPS) is 11.3. The van der Waals surface area contributed by atoms with Gasteiger partial charge in [-0.05, 0) is 17.7 Å².